The first-order chi connectivity index (χ1) is 9.74. The molecule has 0 aliphatic heterocycles. The molecule has 20 heavy (non-hydrogen) atoms. The zero-order valence-electron chi connectivity index (χ0n) is 12.2. The Kier molecular flexibility index (Phi) is 5.44. The topological polar surface area (TPSA) is 30.5 Å². The Morgan fingerprint density at radius 1 is 1.25 bits per heavy atom. The van der Waals surface area contributed by atoms with Crippen molar-refractivity contribution in [2.75, 3.05) is 13.7 Å². The second-order valence-electron chi connectivity index (χ2n) is 4.54. The van der Waals surface area contributed by atoms with Gasteiger partial charge in [-0.3, -0.25) is 0 Å². The van der Waals surface area contributed by atoms with Gasteiger partial charge in [-0.25, -0.2) is 0 Å². The zero-order valence-corrected chi connectivity index (χ0v) is 13.0. The first kappa shape index (κ1) is 14.9. The monoisotopic (exact) mass is 291 g/mol. The van der Waals surface area contributed by atoms with Crippen LogP contribution in [0.3, 0.4) is 0 Å². The van der Waals surface area contributed by atoms with E-state index in [4.69, 9.17) is 9.47 Å². The van der Waals surface area contributed by atoms with Crippen LogP contribution in [0.25, 0.3) is 0 Å². The molecule has 1 unspecified atom stereocenters. The summed E-state index contributed by atoms with van der Waals surface area (Å²) in [6, 6.07) is 10.7. The molecule has 0 amide bonds. The molecule has 0 spiro atoms. The molecule has 1 atom stereocenters. The summed E-state index contributed by atoms with van der Waals surface area (Å²) in [7, 11) is 1.67. The summed E-state index contributed by atoms with van der Waals surface area (Å²) in [5.41, 5.74) is 1.19. The highest BCUT2D eigenvalue weighted by atomic mass is 32.1. The molecule has 1 heterocycles. The average Bonchev–Trinajstić information content (AvgIpc) is 3.00. The summed E-state index contributed by atoms with van der Waals surface area (Å²) in [5.74, 6) is 1.58. The highest BCUT2D eigenvalue weighted by Gasteiger charge is 2.08. The fourth-order valence-corrected chi connectivity index (χ4v) is 2.76. The van der Waals surface area contributed by atoms with Crippen molar-refractivity contribution in [1.29, 1.82) is 0 Å². The summed E-state index contributed by atoms with van der Waals surface area (Å²) in [4.78, 5) is 1.35. The molecule has 2 rings (SSSR count). The third kappa shape index (κ3) is 3.74. The van der Waals surface area contributed by atoms with E-state index < -0.39 is 0 Å². The number of hydrogen-bond acceptors (Lipinski definition) is 4. The van der Waals surface area contributed by atoms with E-state index in [1.807, 2.05) is 19.1 Å². The van der Waals surface area contributed by atoms with Crippen molar-refractivity contribution >= 4 is 11.3 Å². The van der Waals surface area contributed by atoms with Gasteiger partial charge >= 0.3 is 0 Å². The number of benzene rings is 1. The lowest BCUT2D eigenvalue weighted by atomic mass is 10.2. The van der Waals surface area contributed by atoms with Crippen LogP contribution in [-0.4, -0.2) is 13.7 Å². The van der Waals surface area contributed by atoms with Crippen molar-refractivity contribution in [3.8, 4) is 11.5 Å². The van der Waals surface area contributed by atoms with Crippen LogP contribution in [0.15, 0.2) is 35.7 Å². The van der Waals surface area contributed by atoms with Crippen LogP contribution in [0, 0.1) is 0 Å². The highest BCUT2D eigenvalue weighted by molar-refractivity contribution is 7.10. The van der Waals surface area contributed by atoms with Crippen LogP contribution >= 0.6 is 11.3 Å². The standard InChI is InChI=1S/C16H21NO2S/c1-4-19-14-8-7-13(10-15(14)18-3)11-17-12(2)16-6-5-9-20-16/h5-10,12,17H,4,11H2,1-3H3. The largest absolute Gasteiger partial charge is 0.493 e. The highest BCUT2D eigenvalue weighted by Crippen LogP contribution is 2.28. The Balaban J connectivity index is 1.99. The van der Waals surface area contributed by atoms with Crippen molar-refractivity contribution in [2.45, 2.75) is 26.4 Å². The summed E-state index contributed by atoms with van der Waals surface area (Å²) < 4.78 is 10.9. The lowest BCUT2D eigenvalue weighted by Gasteiger charge is -2.14. The number of ether oxygens (including phenoxy) is 2. The number of methoxy groups -OCH3 is 1. The van der Waals surface area contributed by atoms with Crippen LogP contribution in [0.4, 0.5) is 0 Å². The lowest BCUT2D eigenvalue weighted by Crippen LogP contribution is -2.17. The molecular weight excluding hydrogens is 270 g/mol. The van der Waals surface area contributed by atoms with E-state index in [0.29, 0.717) is 12.6 Å². The molecule has 3 nitrogen and oxygen atoms in total. The second-order valence-corrected chi connectivity index (χ2v) is 5.52. The van der Waals surface area contributed by atoms with E-state index in [-0.39, 0.29) is 0 Å². The maximum Gasteiger partial charge on any atom is 0.161 e. The normalized spacial score (nSPS) is 12.2. The molecule has 108 valence electrons. The minimum absolute atomic E-state index is 0.354. The molecule has 0 saturated carbocycles. The van der Waals surface area contributed by atoms with Crippen molar-refractivity contribution in [1.82, 2.24) is 5.32 Å². The molecule has 1 aromatic carbocycles. The molecular formula is C16H21NO2S. The maximum absolute atomic E-state index is 5.52. The Morgan fingerprint density at radius 3 is 2.75 bits per heavy atom. The molecule has 0 aliphatic carbocycles. The Morgan fingerprint density at radius 2 is 2.10 bits per heavy atom. The van der Waals surface area contributed by atoms with Crippen molar-refractivity contribution in [2.24, 2.45) is 0 Å². The van der Waals surface area contributed by atoms with Gasteiger partial charge in [-0.05, 0) is 43.0 Å². The van der Waals surface area contributed by atoms with Crippen LogP contribution in [-0.2, 0) is 6.54 Å². The average molecular weight is 291 g/mol. The third-order valence-corrected chi connectivity index (χ3v) is 4.17. The van der Waals surface area contributed by atoms with Crippen LogP contribution in [0.1, 0.15) is 30.3 Å². The van der Waals surface area contributed by atoms with Crippen LogP contribution in [0.2, 0.25) is 0 Å². The van der Waals surface area contributed by atoms with E-state index in [1.165, 1.54) is 10.4 Å². The van der Waals surface area contributed by atoms with Gasteiger partial charge in [0, 0.05) is 17.5 Å². The van der Waals surface area contributed by atoms with Gasteiger partial charge in [0.25, 0.3) is 0 Å². The van der Waals surface area contributed by atoms with Gasteiger partial charge < -0.3 is 14.8 Å². The van der Waals surface area contributed by atoms with Crippen LogP contribution in [0.5, 0.6) is 11.5 Å². The fourth-order valence-electron chi connectivity index (χ4n) is 2.01. The maximum atomic E-state index is 5.52. The number of nitrogens with one attached hydrogen (secondary N) is 1. The Bertz CT molecular complexity index is 525. The zero-order chi connectivity index (χ0) is 14.4. The molecule has 0 saturated heterocycles. The molecule has 1 aromatic heterocycles. The van der Waals surface area contributed by atoms with Gasteiger partial charge in [-0.1, -0.05) is 12.1 Å². The van der Waals surface area contributed by atoms with E-state index in [2.05, 4.69) is 35.8 Å². The van der Waals surface area contributed by atoms with E-state index in [9.17, 15) is 0 Å². The molecule has 4 heteroatoms. The molecule has 2 aromatic rings. The molecule has 0 fully saturated rings. The molecule has 0 aliphatic rings. The minimum atomic E-state index is 0.354. The first-order valence-electron chi connectivity index (χ1n) is 6.81. The minimum Gasteiger partial charge on any atom is -0.493 e. The fraction of sp³-hybridized carbons (Fsp3) is 0.375. The van der Waals surface area contributed by atoms with E-state index in [0.717, 1.165) is 18.0 Å². The van der Waals surface area contributed by atoms with Crippen molar-refractivity contribution in [3.63, 3.8) is 0 Å². The molecule has 1 N–H and O–H groups in total. The lowest BCUT2D eigenvalue weighted by molar-refractivity contribution is 0.310. The number of rotatable bonds is 7. The Labute approximate surface area is 124 Å². The van der Waals surface area contributed by atoms with Gasteiger partial charge in [-0.2, -0.15) is 0 Å². The Hall–Kier alpha value is -1.52. The quantitative estimate of drug-likeness (QED) is 0.836. The SMILES string of the molecule is CCOc1ccc(CNC(C)c2cccs2)cc1OC. The summed E-state index contributed by atoms with van der Waals surface area (Å²) in [6.07, 6.45) is 0. The van der Waals surface area contributed by atoms with E-state index in [1.54, 1.807) is 18.4 Å². The van der Waals surface area contributed by atoms with Gasteiger partial charge in [0.2, 0.25) is 0 Å². The molecule has 0 bridgehead atoms. The summed E-state index contributed by atoms with van der Waals surface area (Å²) >= 11 is 1.78. The second kappa shape index (κ2) is 7.31. The number of hydrogen-bond donors (Lipinski definition) is 1. The van der Waals surface area contributed by atoms with Gasteiger partial charge in [-0.15, -0.1) is 11.3 Å². The van der Waals surface area contributed by atoms with Crippen molar-refractivity contribution in [3.05, 3.63) is 46.2 Å². The van der Waals surface area contributed by atoms with Gasteiger partial charge in [0.15, 0.2) is 11.5 Å². The smallest absolute Gasteiger partial charge is 0.161 e. The summed E-state index contributed by atoms with van der Waals surface area (Å²) in [6.45, 7) is 5.60. The van der Waals surface area contributed by atoms with Gasteiger partial charge in [0.1, 0.15) is 0 Å². The van der Waals surface area contributed by atoms with E-state index >= 15 is 0 Å². The third-order valence-electron chi connectivity index (χ3n) is 3.11. The summed E-state index contributed by atoms with van der Waals surface area (Å²) in [5, 5.41) is 5.62. The predicted octanol–water partition coefficient (Wildman–Crippen LogP) is 4.01. The van der Waals surface area contributed by atoms with Crippen LogP contribution < -0.4 is 14.8 Å². The van der Waals surface area contributed by atoms with Gasteiger partial charge in [0.05, 0.1) is 13.7 Å². The predicted molar refractivity (Wildman–Crippen MR) is 83.7 cm³/mol. The molecule has 0 radical (unpaired) electrons. The number of thiophene rings is 1. The first-order valence-corrected chi connectivity index (χ1v) is 7.69. The van der Waals surface area contributed by atoms with Crippen molar-refractivity contribution < 1.29 is 9.47 Å².